The second kappa shape index (κ2) is 11.8. The molecular formula is C26H28N6O5S. The Labute approximate surface area is 220 Å². The van der Waals surface area contributed by atoms with Crippen LogP contribution in [0.2, 0.25) is 0 Å². The van der Waals surface area contributed by atoms with E-state index >= 15 is 0 Å². The van der Waals surface area contributed by atoms with Crippen molar-refractivity contribution in [3.8, 4) is 5.75 Å². The van der Waals surface area contributed by atoms with Crippen LogP contribution in [0.4, 0.5) is 10.5 Å². The second-order valence-electron chi connectivity index (χ2n) is 8.46. The molecule has 0 aliphatic carbocycles. The molecule has 0 aliphatic heterocycles. The quantitative estimate of drug-likeness (QED) is 0.245. The van der Waals surface area contributed by atoms with Gasteiger partial charge in [0.05, 0.1) is 24.9 Å². The van der Waals surface area contributed by atoms with E-state index in [1.807, 2.05) is 53.3 Å². The lowest BCUT2D eigenvalue weighted by molar-refractivity contribution is -0.120. The summed E-state index contributed by atoms with van der Waals surface area (Å²) in [5.74, 6) is 0.206. The lowest BCUT2D eigenvalue weighted by Crippen LogP contribution is -2.54. The predicted molar refractivity (Wildman–Crippen MR) is 144 cm³/mol. The Morgan fingerprint density at radius 1 is 1.00 bits per heavy atom. The Morgan fingerprint density at radius 2 is 1.68 bits per heavy atom. The normalized spacial score (nSPS) is 12.1. The second-order valence-corrected chi connectivity index (χ2v) is 9.96. The number of urea groups is 1. The maximum atomic E-state index is 13.4. The van der Waals surface area contributed by atoms with Gasteiger partial charge in [0.15, 0.2) is 0 Å². The number of carbonyl (C=O) groups excluding carboxylic acids is 2. The maximum Gasteiger partial charge on any atom is 0.330 e. The van der Waals surface area contributed by atoms with E-state index < -0.39 is 28.2 Å². The molecule has 38 heavy (non-hydrogen) atoms. The minimum atomic E-state index is -4.25. The third-order valence-electron chi connectivity index (χ3n) is 5.88. The number of hydrogen-bond donors (Lipinski definition) is 4. The first-order chi connectivity index (χ1) is 18.3. The Morgan fingerprint density at radius 3 is 2.39 bits per heavy atom. The van der Waals surface area contributed by atoms with Gasteiger partial charge in [0.1, 0.15) is 11.8 Å². The third-order valence-corrected chi connectivity index (χ3v) is 6.86. The van der Waals surface area contributed by atoms with E-state index in [0.29, 0.717) is 22.6 Å². The molecule has 3 amide bonds. The number of fused-ring (bicyclic) bond motifs is 1. The maximum absolute atomic E-state index is 13.4. The summed E-state index contributed by atoms with van der Waals surface area (Å²) < 4.78 is 34.5. The van der Waals surface area contributed by atoms with E-state index in [-0.39, 0.29) is 13.0 Å². The van der Waals surface area contributed by atoms with Crippen LogP contribution in [-0.4, -0.2) is 50.8 Å². The first-order valence-electron chi connectivity index (χ1n) is 11.7. The monoisotopic (exact) mass is 536 g/mol. The molecule has 0 bridgehead atoms. The molecule has 12 heteroatoms. The summed E-state index contributed by atoms with van der Waals surface area (Å²) in [6, 6.07) is 21.1. The summed E-state index contributed by atoms with van der Waals surface area (Å²) in [4.78, 5) is 27.5. The highest BCUT2D eigenvalue weighted by molar-refractivity contribution is 7.88. The number of nitrogens with zero attached hydrogens (tertiary/aromatic N) is 2. The zero-order valence-electron chi connectivity index (χ0n) is 20.8. The van der Waals surface area contributed by atoms with Gasteiger partial charge < -0.3 is 15.0 Å². The van der Waals surface area contributed by atoms with Crippen molar-refractivity contribution in [3.63, 3.8) is 0 Å². The molecule has 1 atom stereocenters. The Balaban J connectivity index is 1.44. The van der Waals surface area contributed by atoms with Crippen molar-refractivity contribution in [2.75, 3.05) is 19.1 Å². The highest BCUT2D eigenvalue weighted by atomic mass is 32.2. The van der Waals surface area contributed by atoms with E-state index in [2.05, 4.69) is 20.2 Å². The van der Waals surface area contributed by atoms with Gasteiger partial charge in [-0.3, -0.25) is 9.89 Å². The van der Waals surface area contributed by atoms with Crippen molar-refractivity contribution < 1.29 is 22.7 Å². The van der Waals surface area contributed by atoms with Crippen molar-refractivity contribution >= 4 is 38.7 Å². The van der Waals surface area contributed by atoms with Crippen LogP contribution in [0.3, 0.4) is 0 Å². The Hall–Kier alpha value is -4.42. The summed E-state index contributed by atoms with van der Waals surface area (Å²) in [5.41, 5.74) is 2.61. The number of ether oxygens (including phenoxy) is 1. The minimum Gasteiger partial charge on any atom is -0.497 e. The lowest BCUT2D eigenvalue weighted by Gasteiger charge is -2.25. The average molecular weight is 537 g/mol. The predicted octanol–water partition coefficient (Wildman–Crippen LogP) is 2.48. The number of hydrogen-bond acceptors (Lipinski definition) is 6. The van der Waals surface area contributed by atoms with Gasteiger partial charge in [-0.1, -0.05) is 48.5 Å². The van der Waals surface area contributed by atoms with Crippen LogP contribution in [0.25, 0.3) is 10.9 Å². The fraction of sp³-hybridized carbons (Fsp3) is 0.192. The fourth-order valence-electron chi connectivity index (χ4n) is 3.88. The number of rotatable bonds is 10. The summed E-state index contributed by atoms with van der Waals surface area (Å²) in [7, 11) is -1.13. The van der Waals surface area contributed by atoms with Crippen LogP contribution >= 0.6 is 0 Å². The molecule has 4 aromatic rings. The van der Waals surface area contributed by atoms with Gasteiger partial charge in [0.25, 0.3) is 0 Å². The molecule has 0 spiro atoms. The van der Waals surface area contributed by atoms with Crippen LogP contribution < -0.4 is 24.4 Å². The summed E-state index contributed by atoms with van der Waals surface area (Å²) >= 11 is 0. The first-order valence-corrected chi connectivity index (χ1v) is 13.2. The van der Waals surface area contributed by atoms with Crippen molar-refractivity contribution in [2.45, 2.75) is 19.0 Å². The Kier molecular flexibility index (Phi) is 8.24. The molecule has 1 aromatic heterocycles. The molecule has 3 aromatic carbocycles. The van der Waals surface area contributed by atoms with E-state index in [4.69, 9.17) is 4.74 Å². The Bertz CT molecular complexity index is 1510. The first kappa shape index (κ1) is 26.6. The van der Waals surface area contributed by atoms with Crippen LogP contribution in [0.15, 0.2) is 78.9 Å². The molecule has 0 fully saturated rings. The number of nitrogens with one attached hydrogen (secondary N) is 4. The number of amides is 3. The minimum absolute atomic E-state index is 0.115. The molecule has 11 nitrogen and oxygen atoms in total. The van der Waals surface area contributed by atoms with Crippen molar-refractivity contribution in [3.05, 3.63) is 90.1 Å². The lowest BCUT2D eigenvalue weighted by atomic mass is 10.0. The fourth-order valence-corrected chi connectivity index (χ4v) is 4.59. The number of likely N-dealkylation sites (N-methyl/N-ethyl adjacent to an activating group) is 1. The molecule has 0 unspecified atom stereocenters. The van der Waals surface area contributed by atoms with Gasteiger partial charge in [-0.15, -0.1) is 0 Å². The molecule has 4 N–H and O–H groups in total. The van der Waals surface area contributed by atoms with Crippen molar-refractivity contribution in [2.24, 2.45) is 0 Å². The van der Waals surface area contributed by atoms with Crippen LogP contribution in [-0.2, 0) is 28.0 Å². The summed E-state index contributed by atoms with van der Waals surface area (Å²) in [5, 5.41) is 10.2. The van der Waals surface area contributed by atoms with Gasteiger partial charge in [-0.2, -0.15) is 18.2 Å². The summed E-state index contributed by atoms with van der Waals surface area (Å²) in [6.07, 6.45) is 0.154. The molecule has 4 rings (SSSR count). The van der Waals surface area contributed by atoms with E-state index in [1.54, 1.807) is 44.5 Å². The third kappa shape index (κ3) is 6.66. The van der Waals surface area contributed by atoms with Gasteiger partial charge in [-0.25, -0.2) is 9.52 Å². The molecule has 0 aliphatic rings. The van der Waals surface area contributed by atoms with Crippen molar-refractivity contribution in [1.29, 1.82) is 0 Å². The number of methoxy groups -OCH3 is 1. The number of anilines is 1. The number of aromatic amines is 1. The zero-order chi connectivity index (χ0) is 27.1. The van der Waals surface area contributed by atoms with E-state index in [9.17, 15) is 18.0 Å². The van der Waals surface area contributed by atoms with Crippen LogP contribution in [0.5, 0.6) is 5.75 Å². The number of benzene rings is 3. The zero-order valence-corrected chi connectivity index (χ0v) is 21.7. The van der Waals surface area contributed by atoms with Crippen LogP contribution in [0.1, 0.15) is 11.3 Å². The molecular weight excluding hydrogens is 508 g/mol. The molecule has 198 valence electrons. The molecule has 0 saturated carbocycles. The number of carbonyl (C=O) groups is 2. The molecule has 1 heterocycles. The average Bonchev–Trinajstić information content (AvgIpc) is 3.34. The topological polar surface area (TPSA) is 146 Å². The van der Waals surface area contributed by atoms with Gasteiger partial charge >= 0.3 is 16.2 Å². The smallest absolute Gasteiger partial charge is 0.330 e. The highest BCUT2D eigenvalue weighted by Crippen LogP contribution is 2.19. The van der Waals surface area contributed by atoms with Gasteiger partial charge in [0, 0.05) is 24.5 Å². The van der Waals surface area contributed by atoms with Gasteiger partial charge in [0.2, 0.25) is 5.91 Å². The number of para-hydroxylation sites is 1. The van der Waals surface area contributed by atoms with Crippen LogP contribution in [0, 0.1) is 0 Å². The van der Waals surface area contributed by atoms with Crippen molar-refractivity contribution in [1.82, 2.24) is 25.0 Å². The largest absolute Gasteiger partial charge is 0.497 e. The summed E-state index contributed by atoms with van der Waals surface area (Å²) in [6.45, 7) is -0.115. The SMILES string of the molecule is COc1ccc(N(C)C(=O)[C@H](Cc2ccccc2)NC(=O)NS(=O)(=O)NCc2[nH]nc3ccccc23)cc1. The number of H-pyrrole nitrogens is 1. The van der Waals surface area contributed by atoms with Gasteiger partial charge in [-0.05, 0) is 35.9 Å². The number of aromatic nitrogens is 2. The van der Waals surface area contributed by atoms with E-state index in [1.165, 1.54) is 4.90 Å². The molecule has 0 radical (unpaired) electrons. The van der Waals surface area contributed by atoms with E-state index in [0.717, 1.165) is 10.9 Å². The highest BCUT2D eigenvalue weighted by Gasteiger charge is 2.27. The standard InChI is InChI=1S/C26H28N6O5S/c1-32(19-12-14-20(37-2)15-13-19)25(33)23(16-18-8-4-3-5-9-18)28-26(34)31-38(35,36)27-17-24-21-10-6-7-11-22(21)29-30-24/h3-15,23,27H,16-17H2,1-2H3,(H,29,30)(H2,28,31,34)/t23-/m0/s1. The molecule has 0 saturated heterocycles.